The summed E-state index contributed by atoms with van der Waals surface area (Å²) in [5.41, 5.74) is -1.51. The van der Waals surface area contributed by atoms with Crippen molar-refractivity contribution in [1.29, 1.82) is 0 Å². The highest BCUT2D eigenvalue weighted by atomic mass is 16.5. The standard InChI is InChI=1S/C25H37NO6/c1-6-14(2)22(23(31)32-5)26-20(30)11-12-24(3)18(28)9-7-15-16-8-10-19(29)25(16,4)13-17(27)21(15)24/h14-16,21-22H,6-13H2,1-5H3,(H,26,30)/t14-,15-,16-,21+,22?,24-,25-/m0/s1. The van der Waals surface area contributed by atoms with Crippen molar-refractivity contribution in [3.63, 3.8) is 0 Å². The van der Waals surface area contributed by atoms with E-state index in [0.29, 0.717) is 25.7 Å². The molecule has 1 unspecified atom stereocenters. The molecule has 0 aromatic rings. The van der Waals surface area contributed by atoms with E-state index in [9.17, 15) is 24.0 Å². The second-order valence-electron chi connectivity index (χ2n) is 10.6. The van der Waals surface area contributed by atoms with Crippen LogP contribution in [0, 0.1) is 34.5 Å². The quantitative estimate of drug-likeness (QED) is 0.601. The zero-order valence-electron chi connectivity index (χ0n) is 20.0. The summed E-state index contributed by atoms with van der Waals surface area (Å²) in [5, 5.41) is 2.77. The molecule has 0 heterocycles. The van der Waals surface area contributed by atoms with Crippen LogP contribution < -0.4 is 5.32 Å². The van der Waals surface area contributed by atoms with Gasteiger partial charge in [0.25, 0.3) is 0 Å². The second-order valence-corrected chi connectivity index (χ2v) is 10.6. The van der Waals surface area contributed by atoms with E-state index in [1.54, 1.807) is 0 Å². The fourth-order valence-electron chi connectivity index (χ4n) is 6.62. The number of fused-ring (bicyclic) bond motifs is 3. The Balaban J connectivity index is 1.76. The number of amides is 1. The minimum atomic E-state index is -0.915. The van der Waals surface area contributed by atoms with E-state index in [-0.39, 0.29) is 60.3 Å². The number of ether oxygens (including phenoxy) is 1. The zero-order valence-corrected chi connectivity index (χ0v) is 20.0. The van der Waals surface area contributed by atoms with Crippen molar-refractivity contribution in [2.24, 2.45) is 34.5 Å². The Morgan fingerprint density at radius 1 is 1.12 bits per heavy atom. The van der Waals surface area contributed by atoms with Crippen LogP contribution >= 0.6 is 0 Å². The van der Waals surface area contributed by atoms with Crippen molar-refractivity contribution in [2.75, 3.05) is 7.11 Å². The number of rotatable bonds is 7. The van der Waals surface area contributed by atoms with Gasteiger partial charge in [-0.05, 0) is 37.0 Å². The number of carbonyl (C=O) groups excluding carboxylic acids is 5. The largest absolute Gasteiger partial charge is 0.467 e. The summed E-state index contributed by atoms with van der Waals surface area (Å²) in [6.07, 6.45) is 3.53. The molecule has 7 atom stereocenters. The maximum atomic E-state index is 13.3. The molecule has 1 amide bonds. The van der Waals surface area contributed by atoms with Crippen molar-refractivity contribution in [3.8, 4) is 0 Å². The molecule has 178 valence electrons. The van der Waals surface area contributed by atoms with Gasteiger partial charge in [0, 0.05) is 42.4 Å². The molecule has 0 spiro atoms. The van der Waals surface area contributed by atoms with Gasteiger partial charge in [0.2, 0.25) is 5.91 Å². The van der Waals surface area contributed by atoms with Crippen molar-refractivity contribution < 1.29 is 28.7 Å². The van der Waals surface area contributed by atoms with Crippen LogP contribution in [0.1, 0.15) is 79.1 Å². The summed E-state index contributed by atoms with van der Waals surface area (Å²) in [4.78, 5) is 63.8. The first kappa shape index (κ1) is 24.6. The van der Waals surface area contributed by atoms with Crippen LogP contribution in [0.4, 0.5) is 0 Å². The van der Waals surface area contributed by atoms with E-state index in [2.05, 4.69) is 5.32 Å². The lowest BCUT2D eigenvalue weighted by Gasteiger charge is -2.53. The first-order valence-corrected chi connectivity index (χ1v) is 12.0. The average molecular weight is 448 g/mol. The number of hydrogen-bond donors (Lipinski definition) is 1. The van der Waals surface area contributed by atoms with Crippen LogP contribution in [-0.4, -0.2) is 42.4 Å². The van der Waals surface area contributed by atoms with E-state index < -0.39 is 28.8 Å². The summed E-state index contributed by atoms with van der Waals surface area (Å²) >= 11 is 0. The molecule has 0 bridgehead atoms. The fourth-order valence-corrected chi connectivity index (χ4v) is 6.62. The third-order valence-electron chi connectivity index (χ3n) is 8.86. The van der Waals surface area contributed by atoms with Crippen molar-refractivity contribution >= 4 is 29.2 Å². The molecule has 32 heavy (non-hydrogen) atoms. The Labute approximate surface area is 190 Å². The minimum Gasteiger partial charge on any atom is -0.467 e. The van der Waals surface area contributed by atoms with Gasteiger partial charge in [-0.15, -0.1) is 0 Å². The van der Waals surface area contributed by atoms with Gasteiger partial charge in [0.1, 0.15) is 23.4 Å². The van der Waals surface area contributed by atoms with Gasteiger partial charge in [0.05, 0.1) is 7.11 Å². The van der Waals surface area contributed by atoms with Crippen molar-refractivity contribution in [1.82, 2.24) is 5.32 Å². The maximum absolute atomic E-state index is 13.3. The van der Waals surface area contributed by atoms with E-state index in [4.69, 9.17) is 4.74 Å². The van der Waals surface area contributed by atoms with Crippen LogP contribution in [0.25, 0.3) is 0 Å². The Hall–Kier alpha value is -2.05. The van der Waals surface area contributed by atoms with E-state index >= 15 is 0 Å². The number of Topliss-reactive ketones (excluding diaryl/α,β-unsaturated/α-hetero) is 3. The summed E-state index contributed by atoms with van der Waals surface area (Å²) in [6.45, 7) is 7.55. The highest BCUT2D eigenvalue weighted by Gasteiger charge is 2.62. The molecule has 3 aliphatic carbocycles. The van der Waals surface area contributed by atoms with Gasteiger partial charge in [-0.1, -0.05) is 34.1 Å². The lowest BCUT2D eigenvalue weighted by Crippen LogP contribution is -2.56. The van der Waals surface area contributed by atoms with Crippen LogP contribution in [0.3, 0.4) is 0 Å². The molecular formula is C25H37NO6. The predicted molar refractivity (Wildman–Crippen MR) is 117 cm³/mol. The maximum Gasteiger partial charge on any atom is 0.328 e. The molecule has 3 aliphatic rings. The topological polar surface area (TPSA) is 107 Å². The second kappa shape index (κ2) is 9.06. The molecule has 0 aliphatic heterocycles. The minimum absolute atomic E-state index is 0.00741. The summed E-state index contributed by atoms with van der Waals surface area (Å²) in [7, 11) is 1.29. The monoisotopic (exact) mass is 447 g/mol. The lowest BCUT2D eigenvalue weighted by molar-refractivity contribution is -0.160. The third kappa shape index (κ3) is 4.03. The van der Waals surface area contributed by atoms with Crippen LogP contribution in [0.15, 0.2) is 0 Å². The number of nitrogens with one attached hydrogen (secondary N) is 1. The SMILES string of the molecule is CC[C@H](C)C(NC(=O)CC[C@@]1(C)C(=O)CC[C@@H]2[C@@H]1C(=O)C[C@]1(C)C(=O)CC[C@@H]21)C(=O)OC. The lowest BCUT2D eigenvalue weighted by atomic mass is 9.48. The van der Waals surface area contributed by atoms with Crippen molar-refractivity contribution in [2.45, 2.75) is 85.1 Å². The number of carbonyl (C=O) groups is 5. The van der Waals surface area contributed by atoms with Crippen LogP contribution in [0.2, 0.25) is 0 Å². The number of methoxy groups -OCH3 is 1. The number of hydrogen-bond acceptors (Lipinski definition) is 6. The van der Waals surface area contributed by atoms with Gasteiger partial charge < -0.3 is 10.1 Å². The Morgan fingerprint density at radius 2 is 1.78 bits per heavy atom. The molecular weight excluding hydrogens is 410 g/mol. The van der Waals surface area contributed by atoms with Gasteiger partial charge in [-0.2, -0.15) is 0 Å². The molecule has 3 fully saturated rings. The van der Waals surface area contributed by atoms with Crippen LogP contribution in [-0.2, 0) is 28.7 Å². The summed E-state index contributed by atoms with van der Waals surface area (Å²) in [6, 6.07) is -0.735. The summed E-state index contributed by atoms with van der Waals surface area (Å²) < 4.78 is 4.83. The number of ketones is 3. The van der Waals surface area contributed by atoms with Crippen LogP contribution in [0.5, 0.6) is 0 Å². The molecule has 3 rings (SSSR count). The van der Waals surface area contributed by atoms with Gasteiger partial charge in [-0.25, -0.2) is 4.79 Å². The fraction of sp³-hybridized carbons (Fsp3) is 0.800. The molecule has 0 saturated heterocycles. The predicted octanol–water partition coefficient (Wildman–Crippen LogP) is 3.03. The van der Waals surface area contributed by atoms with E-state index in [1.807, 2.05) is 27.7 Å². The highest BCUT2D eigenvalue weighted by Crippen LogP contribution is 2.60. The normalized spacial score (nSPS) is 36.2. The van der Waals surface area contributed by atoms with Gasteiger partial charge >= 0.3 is 5.97 Å². The Kier molecular flexibility index (Phi) is 6.97. The average Bonchev–Trinajstić information content (AvgIpc) is 3.05. The smallest absolute Gasteiger partial charge is 0.328 e. The molecule has 0 radical (unpaired) electrons. The Morgan fingerprint density at radius 3 is 2.41 bits per heavy atom. The third-order valence-corrected chi connectivity index (χ3v) is 8.86. The first-order chi connectivity index (χ1) is 15.0. The molecule has 7 heteroatoms. The van der Waals surface area contributed by atoms with Gasteiger partial charge in [0.15, 0.2) is 0 Å². The number of esters is 1. The van der Waals surface area contributed by atoms with E-state index in [0.717, 1.165) is 6.42 Å². The zero-order chi connectivity index (χ0) is 23.8. The highest BCUT2D eigenvalue weighted by molar-refractivity contribution is 5.99. The summed E-state index contributed by atoms with van der Waals surface area (Å²) in [5.74, 6) is -0.986. The molecule has 3 saturated carbocycles. The first-order valence-electron chi connectivity index (χ1n) is 12.0. The molecule has 1 N–H and O–H groups in total. The molecule has 7 nitrogen and oxygen atoms in total. The van der Waals surface area contributed by atoms with Gasteiger partial charge in [-0.3, -0.25) is 19.2 Å². The van der Waals surface area contributed by atoms with Crippen molar-refractivity contribution in [3.05, 3.63) is 0 Å². The Bertz CT molecular complexity index is 821. The van der Waals surface area contributed by atoms with E-state index in [1.165, 1.54) is 7.11 Å². The molecule has 0 aromatic carbocycles. The molecule has 0 aromatic heterocycles.